The maximum atomic E-state index is 13.3. The predicted octanol–water partition coefficient (Wildman–Crippen LogP) is 1.72. The van der Waals surface area contributed by atoms with Crippen molar-refractivity contribution in [1.82, 2.24) is 20.4 Å². The van der Waals surface area contributed by atoms with Gasteiger partial charge in [0.25, 0.3) is 0 Å². The molecule has 3 aromatic rings. The van der Waals surface area contributed by atoms with E-state index in [1.807, 2.05) is 18.2 Å². The molecule has 0 aliphatic carbocycles. The van der Waals surface area contributed by atoms with Gasteiger partial charge in [-0.25, -0.2) is 9.82 Å². The van der Waals surface area contributed by atoms with E-state index in [9.17, 15) is 4.39 Å². The van der Waals surface area contributed by atoms with Crippen LogP contribution in [-0.2, 0) is 0 Å². The van der Waals surface area contributed by atoms with Crippen molar-refractivity contribution in [3.8, 4) is 0 Å². The van der Waals surface area contributed by atoms with Gasteiger partial charge in [0.2, 0.25) is 0 Å². The SMILES string of the molecule is NNC(c1cncc(F)c1)c1cccc2nccnc12. The predicted molar refractivity (Wildman–Crippen MR) is 72.9 cm³/mol. The molecule has 3 N–H and O–H groups in total. The molecule has 2 heterocycles. The van der Waals surface area contributed by atoms with E-state index in [0.29, 0.717) is 5.56 Å². The number of hydrogen-bond acceptors (Lipinski definition) is 5. The second-order valence-corrected chi connectivity index (χ2v) is 4.31. The molecular weight excluding hydrogens is 257 g/mol. The Hall–Kier alpha value is -2.44. The van der Waals surface area contributed by atoms with Crippen LogP contribution in [0.2, 0.25) is 0 Å². The highest BCUT2D eigenvalue weighted by atomic mass is 19.1. The van der Waals surface area contributed by atoms with Crippen LogP contribution >= 0.6 is 0 Å². The summed E-state index contributed by atoms with van der Waals surface area (Å²) in [6.45, 7) is 0. The van der Waals surface area contributed by atoms with Gasteiger partial charge < -0.3 is 0 Å². The molecule has 0 fully saturated rings. The first kappa shape index (κ1) is 12.6. The number of fused-ring (bicyclic) bond motifs is 1. The monoisotopic (exact) mass is 269 g/mol. The smallest absolute Gasteiger partial charge is 0.141 e. The minimum absolute atomic E-state index is 0.404. The highest BCUT2D eigenvalue weighted by Crippen LogP contribution is 2.26. The molecule has 0 radical (unpaired) electrons. The molecule has 0 amide bonds. The Labute approximate surface area is 114 Å². The third-order valence-electron chi connectivity index (χ3n) is 3.07. The molecule has 20 heavy (non-hydrogen) atoms. The summed E-state index contributed by atoms with van der Waals surface area (Å²) in [6.07, 6.45) is 5.97. The molecule has 6 heteroatoms. The summed E-state index contributed by atoms with van der Waals surface area (Å²) in [6, 6.07) is 6.60. The highest BCUT2D eigenvalue weighted by Gasteiger charge is 2.17. The third-order valence-corrected chi connectivity index (χ3v) is 3.07. The first-order valence-corrected chi connectivity index (χ1v) is 6.06. The molecule has 3 rings (SSSR count). The van der Waals surface area contributed by atoms with Gasteiger partial charge in [0.1, 0.15) is 5.82 Å². The van der Waals surface area contributed by atoms with E-state index in [1.54, 1.807) is 18.6 Å². The van der Waals surface area contributed by atoms with Crippen molar-refractivity contribution in [3.05, 3.63) is 66.0 Å². The van der Waals surface area contributed by atoms with E-state index >= 15 is 0 Å². The number of hydrazine groups is 1. The summed E-state index contributed by atoms with van der Waals surface area (Å²) in [5.74, 6) is 5.22. The number of halogens is 1. The van der Waals surface area contributed by atoms with E-state index in [1.165, 1.54) is 6.07 Å². The number of hydrogen-bond donors (Lipinski definition) is 2. The number of rotatable bonds is 3. The Balaban J connectivity index is 2.17. The minimum Gasteiger partial charge on any atom is -0.271 e. The summed E-state index contributed by atoms with van der Waals surface area (Å²) in [7, 11) is 0. The molecule has 0 spiro atoms. The van der Waals surface area contributed by atoms with Crippen LogP contribution in [0.15, 0.2) is 49.1 Å². The normalized spacial score (nSPS) is 12.5. The lowest BCUT2D eigenvalue weighted by Crippen LogP contribution is -2.29. The van der Waals surface area contributed by atoms with Crippen LogP contribution in [0.4, 0.5) is 4.39 Å². The fraction of sp³-hybridized carbons (Fsp3) is 0.0714. The van der Waals surface area contributed by atoms with Crippen LogP contribution in [0.1, 0.15) is 17.2 Å². The van der Waals surface area contributed by atoms with Crippen LogP contribution in [0.25, 0.3) is 11.0 Å². The number of benzene rings is 1. The molecule has 0 aliphatic heterocycles. The zero-order chi connectivity index (χ0) is 13.9. The van der Waals surface area contributed by atoms with Crippen molar-refractivity contribution in [2.75, 3.05) is 0 Å². The molecule has 2 aromatic heterocycles. The molecule has 0 saturated heterocycles. The Bertz CT molecular complexity index is 741. The third kappa shape index (κ3) is 2.22. The van der Waals surface area contributed by atoms with Crippen LogP contribution in [0.3, 0.4) is 0 Å². The average Bonchev–Trinajstić information content (AvgIpc) is 2.48. The zero-order valence-electron chi connectivity index (χ0n) is 10.5. The fourth-order valence-electron chi connectivity index (χ4n) is 2.20. The van der Waals surface area contributed by atoms with E-state index in [-0.39, 0.29) is 0 Å². The largest absolute Gasteiger partial charge is 0.271 e. The molecule has 0 bridgehead atoms. The Morgan fingerprint density at radius 2 is 2.00 bits per heavy atom. The van der Waals surface area contributed by atoms with E-state index in [0.717, 1.165) is 22.8 Å². The number of aromatic nitrogens is 3. The summed E-state index contributed by atoms with van der Waals surface area (Å²) in [5, 5.41) is 0. The van der Waals surface area contributed by atoms with E-state index in [2.05, 4.69) is 20.4 Å². The fourth-order valence-corrected chi connectivity index (χ4v) is 2.20. The van der Waals surface area contributed by atoms with Gasteiger partial charge in [-0.05, 0) is 17.7 Å². The summed E-state index contributed by atoms with van der Waals surface area (Å²) < 4.78 is 13.3. The molecule has 5 nitrogen and oxygen atoms in total. The average molecular weight is 269 g/mol. The van der Waals surface area contributed by atoms with Gasteiger partial charge >= 0.3 is 0 Å². The van der Waals surface area contributed by atoms with Gasteiger partial charge in [0, 0.05) is 24.2 Å². The maximum Gasteiger partial charge on any atom is 0.141 e. The summed E-state index contributed by atoms with van der Waals surface area (Å²) in [5.41, 5.74) is 5.62. The quantitative estimate of drug-likeness (QED) is 0.559. The van der Waals surface area contributed by atoms with Crippen LogP contribution in [-0.4, -0.2) is 15.0 Å². The van der Waals surface area contributed by atoms with Gasteiger partial charge in [0.15, 0.2) is 0 Å². The van der Waals surface area contributed by atoms with Crippen LogP contribution in [0.5, 0.6) is 0 Å². The van der Waals surface area contributed by atoms with Gasteiger partial charge in [-0.15, -0.1) is 0 Å². The molecule has 100 valence electrons. The number of nitrogens with two attached hydrogens (primary N) is 1. The lowest BCUT2D eigenvalue weighted by Gasteiger charge is -2.17. The Morgan fingerprint density at radius 1 is 1.15 bits per heavy atom. The first-order valence-electron chi connectivity index (χ1n) is 6.06. The number of nitrogens with one attached hydrogen (secondary N) is 1. The van der Waals surface area contributed by atoms with Crippen molar-refractivity contribution in [1.29, 1.82) is 0 Å². The topological polar surface area (TPSA) is 76.7 Å². The van der Waals surface area contributed by atoms with Crippen molar-refractivity contribution in [2.24, 2.45) is 5.84 Å². The van der Waals surface area contributed by atoms with Crippen LogP contribution < -0.4 is 11.3 Å². The number of pyridine rings is 1. The van der Waals surface area contributed by atoms with Gasteiger partial charge in [0.05, 0.1) is 23.3 Å². The summed E-state index contributed by atoms with van der Waals surface area (Å²) >= 11 is 0. The van der Waals surface area contributed by atoms with Gasteiger partial charge in [-0.1, -0.05) is 12.1 Å². The second-order valence-electron chi connectivity index (χ2n) is 4.31. The van der Waals surface area contributed by atoms with Crippen molar-refractivity contribution in [3.63, 3.8) is 0 Å². The van der Waals surface area contributed by atoms with Crippen molar-refractivity contribution in [2.45, 2.75) is 6.04 Å². The first-order chi connectivity index (χ1) is 9.79. The Morgan fingerprint density at radius 3 is 2.80 bits per heavy atom. The van der Waals surface area contributed by atoms with Gasteiger partial charge in [-0.3, -0.25) is 20.8 Å². The van der Waals surface area contributed by atoms with Crippen molar-refractivity contribution < 1.29 is 4.39 Å². The van der Waals surface area contributed by atoms with Crippen LogP contribution in [0, 0.1) is 5.82 Å². The maximum absolute atomic E-state index is 13.3. The molecule has 0 saturated carbocycles. The van der Waals surface area contributed by atoms with Crippen molar-refractivity contribution >= 4 is 11.0 Å². The van der Waals surface area contributed by atoms with Gasteiger partial charge in [-0.2, -0.15) is 0 Å². The standard InChI is InChI=1S/C14H12FN5/c15-10-6-9(7-17-8-10)13(20-16)11-2-1-3-12-14(11)19-5-4-18-12/h1-8,13,20H,16H2. The molecule has 1 unspecified atom stereocenters. The molecule has 0 aliphatic rings. The van der Waals surface area contributed by atoms with E-state index < -0.39 is 11.9 Å². The lowest BCUT2D eigenvalue weighted by molar-refractivity contribution is 0.599. The minimum atomic E-state index is -0.408. The molecular formula is C14H12FN5. The summed E-state index contributed by atoms with van der Waals surface area (Å²) in [4.78, 5) is 12.4. The number of para-hydroxylation sites is 1. The Kier molecular flexibility index (Phi) is 3.32. The van der Waals surface area contributed by atoms with E-state index in [4.69, 9.17) is 5.84 Å². The lowest BCUT2D eigenvalue weighted by atomic mass is 9.99. The number of nitrogens with zero attached hydrogens (tertiary/aromatic N) is 3. The second kappa shape index (κ2) is 5.28. The zero-order valence-corrected chi connectivity index (χ0v) is 10.5. The highest BCUT2D eigenvalue weighted by molar-refractivity contribution is 5.78. The molecule has 1 atom stereocenters. The molecule has 1 aromatic carbocycles.